The van der Waals surface area contributed by atoms with Gasteiger partial charge in [0.2, 0.25) is 0 Å². The molecule has 0 saturated carbocycles. The topological polar surface area (TPSA) is 97.6 Å². The van der Waals surface area contributed by atoms with Crippen LogP contribution in [-0.4, -0.2) is 23.9 Å². The van der Waals surface area contributed by atoms with E-state index in [9.17, 15) is 14.4 Å². The molecule has 0 spiro atoms. The molecule has 0 bridgehead atoms. The Balaban J connectivity index is 1.56. The number of anilines is 2. The fourth-order valence-electron chi connectivity index (χ4n) is 2.37. The molecule has 0 aliphatic carbocycles. The van der Waals surface area contributed by atoms with Crippen LogP contribution >= 0.6 is 11.6 Å². The average Bonchev–Trinajstić information content (AvgIpc) is 3.25. The summed E-state index contributed by atoms with van der Waals surface area (Å²) in [6.07, 6.45) is 0.369. The van der Waals surface area contributed by atoms with Crippen LogP contribution in [0.5, 0.6) is 0 Å². The Bertz CT molecular complexity index is 1020. The molecule has 0 fully saturated rings. The van der Waals surface area contributed by atoms with Crippen molar-refractivity contribution in [3.8, 4) is 0 Å². The molecule has 0 saturated heterocycles. The van der Waals surface area contributed by atoms with Crippen LogP contribution in [0.3, 0.4) is 0 Å². The second kappa shape index (κ2) is 9.07. The Morgan fingerprint density at radius 2 is 1.69 bits per heavy atom. The fourth-order valence-corrected chi connectivity index (χ4v) is 2.55. The highest BCUT2D eigenvalue weighted by atomic mass is 35.5. The van der Waals surface area contributed by atoms with E-state index >= 15 is 0 Å². The Hall–Kier alpha value is -3.58. The molecular formula is C21H17ClN2O5. The lowest BCUT2D eigenvalue weighted by atomic mass is 10.2. The smallest absolute Gasteiger partial charge is 0.338 e. The molecule has 0 unspecified atom stereocenters. The first kappa shape index (κ1) is 20.2. The quantitative estimate of drug-likeness (QED) is 0.586. The van der Waals surface area contributed by atoms with Crippen molar-refractivity contribution in [1.29, 1.82) is 0 Å². The Labute approximate surface area is 171 Å². The van der Waals surface area contributed by atoms with Gasteiger partial charge in [0, 0.05) is 5.69 Å². The van der Waals surface area contributed by atoms with Gasteiger partial charge in [-0.3, -0.25) is 9.59 Å². The first-order valence-corrected chi connectivity index (χ1v) is 9.03. The van der Waals surface area contributed by atoms with Crippen LogP contribution in [0.1, 0.15) is 27.8 Å². The molecular weight excluding hydrogens is 396 g/mol. The van der Waals surface area contributed by atoms with E-state index in [-0.39, 0.29) is 11.3 Å². The van der Waals surface area contributed by atoms with E-state index in [0.29, 0.717) is 16.4 Å². The number of hydrogen-bond donors (Lipinski definition) is 2. The lowest BCUT2D eigenvalue weighted by Crippen LogP contribution is -2.30. The normalized spacial score (nSPS) is 11.4. The van der Waals surface area contributed by atoms with Crippen molar-refractivity contribution < 1.29 is 23.5 Å². The van der Waals surface area contributed by atoms with E-state index < -0.39 is 23.9 Å². The summed E-state index contributed by atoms with van der Waals surface area (Å²) >= 11 is 6.00. The molecule has 0 aliphatic heterocycles. The predicted octanol–water partition coefficient (Wildman–Crippen LogP) is 4.37. The first-order chi connectivity index (χ1) is 13.9. The largest absolute Gasteiger partial charge is 0.459 e. The van der Waals surface area contributed by atoms with Gasteiger partial charge < -0.3 is 19.8 Å². The number of ether oxygens (including phenoxy) is 1. The number of hydrogen-bond acceptors (Lipinski definition) is 5. The number of esters is 1. The maximum atomic E-state index is 12.3. The van der Waals surface area contributed by atoms with Gasteiger partial charge in [-0.05, 0) is 55.5 Å². The molecule has 1 heterocycles. The second-order valence-electron chi connectivity index (χ2n) is 6.03. The van der Waals surface area contributed by atoms with Crippen LogP contribution in [0.4, 0.5) is 11.4 Å². The van der Waals surface area contributed by atoms with Gasteiger partial charge in [-0.1, -0.05) is 23.7 Å². The number of furan rings is 1. The minimum absolute atomic E-state index is 0.173. The second-order valence-corrected chi connectivity index (χ2v) is 6.43. The Morgan fingerprint density at radius 3 is 2.34 bits per heavy atom. The molecule has 148 valence electrons. The molecule has 2 aromatic carbocycles. The lowest BCUT2D eigenvalue weighted by Gasteiger charge is -2.14. The lowest BCUT2D eigenvalue weighted by molar-refractivity contribution is -0.123. The van der Waals surface area contributed by atoms with Crippen molar-refractivity contribution in [2.75, 3.05) is 10.6 Å². The van der Waals surface area contributed by atoms with Crippen LogP contribution in [0.15, 0.2) is 71.3 Å². The summed E-state index contributed by atoms with van der Waals surface area (Å²) in [4.78, 5) is 36.4. The van der Waals surface area contributed by atoms with Crippen molar-refractivity contribution in [3.05, 3.63) is 83.3 Å². The van der Waals surface area contributed by atoms with Crippen molar-refractivity contribution in [2.45, 2.75) is 13.0 Å². The molecule has 3 aromatic rings. The molecule has 2 N–H and O–H groups in total. The zero-order valence-corrected chi connectivity index (χ0v) is 16.1. The maximum absolute atomic E-state index is 12.3. The van der Waals surface area contributed by atoms with E-state index in [0.717, 1.165) is 0 Å². The first-order valence-electron chi connectivity index (χ1n) is 8.65. The van der Waals surface area contributed by atoms with Crippen molar-refractivity contribution >= 4 is 40.8 Å². The number of nitrogens with one attached hydrogen (secondary N) is 2. The van der Waals surface area contributed by atoms with Gasteiger partial charge in [0.05, 0.1) is 22.5 Å². The summed E-state index contributed by atoms with van der Waals surface area (Å²) in [5, 5.41) is 5.63. The highest BCUT2D eigenvalue weighted by molar-refractivity contribution is 6.33. The molecule has 29 heavy (non-hydrogen) atoms. The number of carbonyl (C=O) groups is 3. The summed E-state index contributed by atoms with van der Waals surface area (Å²) in [5.74, 6) is -1.41. The van der Waals surface area contributed by atoms with Crippen LogP contribution in [-0.2, 0) is 9.53 Å². The molecule has 1 aromatic heterocycles. The highest BCUT2D eigenvalue weighted by Gasteiger charge is 2.20. The van der Waals surface area contributed by atoms with E-state index in [1.807, 2.05) is 0 Å². The van der Waals surface area contributed by atoms with E-state index in [1.54, 1.807) is 42.5 Å². The third-order valence-corrected chi connectivity index (χ3v) is 4.24. The van der Waals surface area contributed by atoms with Crippen LogP contribution in [0.2, 0.25) is 5.02 Å². The number of benzene rings is 2. The van der Waals surface area contributed by atoms with E-state index in [2.05, 4.69) is 10.6 Å². The van der Waals surface area contributed by atoms with Crippen LogP contribution in [0, 0.1) is 0 Å². The summed E-state index contributed by atoms with van der Waals surface area (Å²) in [6, 6.07) is 16.0. The van der Waals surface area contributed by atoms with Gasteiger partial charge in [-0.25, -0.2) is 4.79 Å². The molecule has 2 amide bonds. The summed E-state index contributed by atoms with van der Waals surface area (Å²) in [5.41, 5.74) is 1.14. The number of para-hydroxylation sites is 1. The molecule has 7 nitrogen and oxygen atoms in total. The standard InChI is InChI=1S/C21H17ClN2O5/c1-13(19(25)24-17-6-3-2-5-16(17)22)29-21(27)14-8-10-15(11-9-14)23-20(26)18-7-4-12-28-18/h2-13H,1H3,(H,23,26)(H,24,25)/t13-/m0/s1. The van der Waals surface area contributed by atoms with Crippen LogP contribution in [0.25, 0.3) is 0 Å². The molecule has 0 aliphatic rings. The fraction of sp³-hybridized carbons (Fsp3) is 0.0952. The summed E-state index contributed by atoms with van der Waals surface area (Å²) in [6.45, 7) is 1.46. The van der Waals surface area contributed by atoms with Crippen molar-refractivity contribution in [3.63, 3.8) is 0 Å². The number of rotatable bonds is 6. The van der Waals surface area contributed by atoms with Gasteiger partial charge in [0.1, 0.15) is 0 Å². The number of halogens is 1. The molecule has 0 radical (unpaired) electrons. The van der Waals surface area contributed by atoms with Crippen molar-refractivity contribution in [1.82, 2.24) is 0 Å². The monoisotopic (exact) mass is 412 g/mol. The average molecular weight is 413 g/mol. The van der Waals surface area contributed by atoms with Gasteiger partial charge in [-0.15, -0.1) is 0 Å². The molecule has 8 heteroatoms. The Kier molecular flexibility index (Phi) is 6.31. The summed E-state index contributed by atoms with van der Waals surface area (Å²) in [7, 11) is 0. The minimum Gasteiger partial charge on any atom is -0.459 e. The maximum Gasteiger partial charge on any atom is 0.338 e. The number of carbonyl (C=O) groups excluding carboxylic acids is 3. The van der Waals surface area contributed by atoms with E-state index in [1.165, 1.54) is 31.4 Å². The molecule has 1 atom stereocenters. The van der Waals surface area contributed by atoms with Crippen molar-refractivity contribution in [2.24, 2.45) is 0 Å². The van der Waals surface area contributed by atoms with Gasteiger partial charge >= 0.3 is 5.97 Å². The number of amides is 2. The zero-order chi connectivity index (χ0) is 20.8. The predicted molar refractivity (Wildman–Crippen MR) is 108 cm³/mol. The summed E-state index contributed by atoms with van der Waals surface area (Å²) < 4.78 is 10.2. The van der Waals surface area contributed by atoms with Gasteiger partial charge in [-0.2, -0.15) is 0 Å². The highest BCUT2D eigenvalue weighted by Crippen LogP contribution is 2.21. The third kappa shape index (κ3) is 5.24. The third-order valence-electron chi connectivity index (χ3n) is 3.91. The zero-order valence-electron chi connectivity index (χ0n) is 15.3. The minimum atomic E-state index is -1.03. The van der Waals surface area contributed by atoms with E-state index in [4.69, 9.17) is 20.8 Å². The van der Waals surface area contributed by atoms with Crippen LogP contribution < -0.4 is 10.6 Å². The van der Waals surface area contributed by atoms with Gasteiger partial charge in [0.15, 0.2) is 11.9 Å². The SMILES string of the molecule is C[C@H](OC(=O)c1ccc(NC(=O)c2ccco2)cc1)C(=O)Nc1ccccc1Cl. The van der Waals surface area contributed by atoms with Gasteiger partial charge in [0.25, 0.3) is 11.8 Å². The molecule has 3 rings (SSSR count). The Morgan fingerprint density at radius 1 is 0.966 bits per heavy atom.